The van der Waals surface area contributed by atoms with Gasteiger partial charge in [-0.15, -0.1) is 24.0 Å². The smallest absolute Gasteiger partial charge is 0.243 e. The van der Waals surface area contributed by atoms with Crippen LogP contribution in [0.3, 0.4) is 0 Å². The van der Waals surface area contributed by atoms with E-state index in [4.69, 9.17) is 0 Å². The fourth-order valence-corrected chi connectivity index (χ4v) is 2.90. The minimum Gasteiger partial charge on any atom is -0.356 e. The molecule has 0 spiro atoms. The first kappa shape index (κ1) is 26.0. The van der Waals surface area contributed by atoms with E-state index in [0.717, 1.165) is 13.0 Å². The minimum atomic E-state index is -0.00414. The van der Waals surface area contributed by atoms with E-state index in [2.05, 4.69) is 40.9 Å². The second-order valence-corrected chi connectivity index (χ2v) is 7.55. The molecule has 0 aromatic heterocycles. The summed E-state index contributed by atoms with van der Waals surface area (Å²) in [6.45, 7) is 3.11. The number of carbonyl (C=O) groups excluding carboxylic acids is 1. The van der Waals surface area contributed by atoms with Gasteiger partial charge in [0.1, 0.15) is 6.54 Å². The number of carbonyl (C=O) groups is 1. The molecule has 1 aromatic carbocycles. The van der Waals surface area contributed by atoms with Crippen molar-refractivity contribution in [3.05, 3.63) is 35.9 Å². The summed E-state index contributed by atoms with van der Waals surface area (Å²) in [7, 11) is 3.50. The molecule has 1 amide bonds. The van der Waals surface area contributed by atoms with Crippen molar-refractivity contribution in [1.29, 1.82) is 0 Å². The van der Waals surface area contributed by atoms with E-state index in [1.54, 1.807) is 19.0 Å². The third-order valence-electron chi connectivity index (χ3n) is 4.09. The molecule has 0 saturated heterocycles. The van der Waals surface area contributed by atoms with Gasteiger partial charge in [-0.3, -0.25) is 4.79 Å². The molecule has 27 heavy (non-hydrogen) atoms. The van der Waals surface area contributed by atoms with Gasteiger partial charge in [0.2, 0.25) is 5.91 Å². The standard InChI is InChI=1S/C20H34N4OS.HI/c1-17(18-12-8-7-9-13-18)23-20(22-16-19(25)24(2)3)21-14-10-5-6-11-15-26-4;/h7-9,12-13,17H,5-6,10-11,14-16H2,1-4H3,(H2,21,22,23);1H. The number of nitrogens with one attached hydrogen (secondary N) is 2. The minimum absolute atomic E-state index is 0. The maximum atomic E-state index is 11.8. The van der Waals surface area contributed by atoms with Gasteiger partial charge in [0.25, 0.3) is 0 Å². The van der Waals surface area contributed by atoms with E-state index in [9.17, 15) is 4.79 Å². The number of aliphatic imine (C=N–C) groups is 1. The number of rotatable bonds is 11. The monoisotopic (exact) mass is 506 g/mol. The largest absolute Gasteiger partial charge is 0.356 e. The van der Waals surface area contributed by atoms with Crippen molar-refractivity contribution in [3.63, 3.8) is 0 Å². The normalized spacial score (nSPS) is 12.1. The van der Waals surface area contributed by atoms with Gasteiger partial charge in [0.05, 0.1) is 6.04 Å². The van der Waals surface area contributed by atoms with Crippen LogP contribution in [0.5, 0.6) is 0 Å². The predicted octanol–water partition coefficient (Wildman–Crippen LogP) is 3.91. The van der Waals surface area contributed by atoms with Gasteiger partial charge in [-0.2, -0.15) is 11.8 Å². The summed E-state index contributed by atoms with van der Waals surface area (Å²) < 4.78 is 0. The maximum Gasteiger partial charge on any atom is 0.243 e. The van der Waals surface area contributed by atoms with Crippen molar-refractivity contribution in [2.45, 2.75) is 38.6 Å². The van der Waals surface area contributed by atoms with Gasteiger partial charge in [-0.1, -0.05) is 43.2 Å². The van der Waals surface area contributed by atoms with Gasteiger partial charge >= 0.3 is 0 Å². The quantitative estimate of drug-likeness (QED) is 0.207. The predicted molar refractivity (Wildman–Crippen MR) is 129 cm³/mol. The van der Waals surface area contributed by atoms with Crippen LogP contribution in [-0.2, 0) is 4.79 Å². The first-order valence-corrected chi connectivity index (χ1v) is 10.7. The number of amides is 1. The summed E-state index contributed by atoms with van der Waals surface area (Å²) in [4.78, 5) is 17.9. The summed E-state index contributed by atoms with van der Waals surface area (Å²) >= 11 is 1.91. The Morgan fingerprint density at radius 3 is 2.44 bits per heavy atom. The molecule has 1 aromatic rings. The number of halogens is 1. The van der Waals surface area contributed by atoms with Crippen molar-refractivity contribution >= 4 is 47.6 Å². The summed E-state index contributed by atoms with van der Waals surface area (Å²) in [6.07, 6.45) is 7.02. The third-order valence-corrected chi connectivity index (χ3v) is 4.79. The van der Waals surface area contributed by atoms with Crippen molar-refractivity contribution < 1.29 is 4.79 Å². The number of unbranched alkanes of at least 4 members (excludes halogenated alkanes) is 3. The van der Waals surface area contributed by atoms with Crippen LogP contribution in [0.25, 0.3) is 0 Å². The highest BCUT2D eigenvalue weighted by Crippen LogP contribution is 2.10. The van der Waals surface area contributed by atoms with E-state index in [0.29, 0.717) is 5.96 Å². The Bertz CT molecular complexity index is 540. The van der Waals surface area contributed by atoms with Gasteiger partial charge in [0, 0.05) is 20.6 Å². The van der Waals surface area contributed by atoms with E-state index < -0.39 is 0 Å². The highest BCUT2D eigenvalue weighted by molar-refractivity contribution is 14.0. The summed E-state index contributed by atoms with van der Waals surface area (Å²) in [5.41, 5.74) is 1.19. The topological polar surface area (TPSA) is 56.7 Å². The SMILES string of the molecule is CSCCCCCCNC(=NCC(=O)N(C)C)NC(C)c1ccccc1.I. The number of nitrogens with zero attached hydrogens (tertiary/aromatic N) is 2. The lowest BCUT2D eigenvalue weighted by Crippen LogP contribution is -2.40. The van der Waals surface area contributed by atoms with E-state index in [-0.39, 0.29) is 42.5 Å². The lowest BCUT2D eigenvalue weighted by atomic mass is 10.1. The van der Waals surface area contributed by atoms with Gasteiger partial charge in [0.15, 0.2) is 5.96 Å². The van der Waals surface area contributed by atoms with Crippen LogP contribution < -0.4 is 10.6 Å². The van der Waals surface area contributed by atoms with E-state index in [1.807, 2.05) is 30.0 Å². The van der Waals surface area contributed by atoms with Crippen molar-refractivity contribution in [2.75, 3.05) is 39.2 Å². The molecule has 154 valence electrons. The molecule has 5 nitrogen and oxygen atoms in total. The van der Waals surface area contributed by atoms with Gasteiger partial charge in [-0.25, -0.2) is 4.99 Å². The van der Waals surface area contributed by atoms with Gasteiger partial charge < -0.3 is 15.5 Å². The average Bonchev–Trinajstić information content (AvgIpc) is 2.65. The first-order chi connectivity index (χ1) is 12.5. The van der Waals surface area contributed by atoms with Gasteiger partial charge in [-0.05, 0) is 37.3 Å². The van der Waals surface area contributed by atoms with Crippen LogP contribution in [0.15, 0.2) is 35.3 Å². The zero-order valence-electron chi connectivity index (χ0n) is 17.0. The van der Waals surface area contributed by atoms with Crippen LogP contribution in [-0.4, -0.2) is 56.0 Å². The Labute approximate surface area is 186 Å². The molecule has 0 aliphatic heterocycles. The molecular formula is C20H35IN4OS. The van der Waals surface area contributed by atoms with Crippen molar-refractivity contribution in [2.24, 2.45) is 4.99 Å². The second kappa shape index (κ2) is 16.0. The van der Waals surface area contributed by atoms with Crippen molar-refractivity contribution in [3.8, 4) is 0 Å². The highest BCUT2D eigenvalue weighted by atomic mass is 127. The number of thioether (sulfide) groups is 1. The summed E-state index contributed by atoms with van der Waals surface area (Å²) in [5.74, 6) is 1.93. The molecule has 7 heteroatoms. The molecule has 1 rings (SSSR count). The Morgan fingerprint density at radius 2 is 1.81 bits per heavy atom. The highest BCUT2D eigenvalue weighted by Gasteiger charge is 2.09. The molecule has 1 atom stereocenters. The van der Waals surface area contributed by atoms with Crippen LogP contribution in [0.1, 0.15) is 44.2 Å². The molecule has 0 fully saturated rings. The van der Waals surface area contributed by atoms with Crippen LogP contribution in [0.2, 0.25) is 0 Å². The summed E-state index contributed by atoms with van der Waals surface area (Å²) in [5, 5.41) is 6.77. The first-order valence-electron chi connectivity index (χ1n) is 9.33. The molecular weight excluding hydrogens is 471 g/mol. The van der Waals surface area contributed by atoms with Crippen LogP contribution in [0, 0.1) is 0 Å². The number of benzene rings is 1. The second-order valence-electron chi connectivity index (χ2n) is 6.56. The number of guanidine groups is 1. The maximum absolute atomic E-state index is 11.8. The molecule has 2 N–H and O–H groups in total. The number of likely N-dealkylation sites (N-methyl/N-ethyl adjacent to an activating group) is 1. The lowest BCUT2D eigenvalue weighted by molar-refractivity contribution is -0.127. The molecule has 0 aliphatic carbocycles. The Kier molecular flexibility index (Phi) is 15.5. The Morgan fingerprint density at radius 1 is 1.15 bits per heavy atom. The van der Waals surface area contributed by atoms with E-state index >= 15 is 0 Å². The molecule has 0 bridgehead atoms. The summed E-state index contributed by atoms with van der Waals surface area (Å²) in [6, 6.07) is 10.4. The molecule has 1 unspecified atom stereocenters. The molecule has 0 heterocycles. The van der Waals surface area contributed by atoms with Crippen LogP contribution in [0.4, 0.5) is 0 Å². The van der Waals surface area contributed by atoms with Crippen LogP contribution >= 0.6 is 35.7 Å². The fourth-order valence-electron chi connectivity index (χ4n) is 2.40. The van der Waals surface area contributed by atoms with Crippen molar-refractivity contribution in [1.82, 2.24) is 15.5 Å². The zero-order valence-corrected chi connectivity index (χ0v) is 20.2. The Balaban J connectivity index is 0.00000676. The number of hydrogen-bond donors (Lipinski definition) is 2. The lowest BCUT2D eigenvalue weighted by Gasteiger charge is -2.19. The molecule has 0 aliphatic rings. The molecule has 0 saturated carbocycles. The number of hydrogen-bond acceptors (Lipinski definition) is 3. The average molecular weight is 506 g/mol. The molecule has 0 radical (unpaired) electrons. The Hall–Kier alpha value is -0.960. The fraction of sp³-hybridized carbons (Fsp3) is 0.600. The third kappa shape index (κ3) is 12.2. The van der Waals surface area contributed by atoms with E-state index in [1.165, 1.54) is 30.6 Å². The zero-order chi connectivity index (χ0) is 19.2.